The molecule has 1 rings (SSSR count). The summed E-state index contributed by atoms with van der Waals surface area (Å²) >= 11 is 1.12. The fraction of sp³-hybridized carbons (Fsp3) is 0.714. The molecule has 0 bridgehead atoms. The van der Waals surface area contributed by atoms with E-state index >= 15 is 0 Å². The fourth-order valence-corrected chi connectivity index (χ4v) is 3.26. The molecule has 9 heteroatoms. The molecule has 0 radical (unpaired) electrons. The molecule has 0 aromatic carbocycles. The first-order chi connectivity index (χ1) is 10.8. The Morgan fingerprint density at radius 3 is 2.70 bits per heavy atom. The molecule has 1 aliphatic heterocycles. The van der Waals surface area contributed by atoms with Crippen LogP contribution in [-0.4, -0.2) is 63.8 Å². The number of likely N-dealkylation sites (tertiary alicyclic amines) is 1. The molecule has 4 N–H and O–H groups in total. The number of carboxylic acid groups (broad SMARTS) is 1. The van der Waals surface area contributed by atoms with Gasteiger partial charge in [-0.15, -0.1) is 11.8 Å². The number of carboxylic acids is 1. The van der Waals surface area contributed by atoms with E-state index in [0.717, 1.165) is 24.6 Å². The number of nitrogens with zero attached hydrogens (tertiary/aromatic N) is 1. The number of thioether (sulfide) groups is 1. The van der Waals surface area contributed by atoms with Crippen molar-refractivity contribution >= 4 is 35.5 Å². The number of hydrogen-bond donors (Lipinski definition) is 3. The lowest BCUT2D eigenvalue weighted by molar-refractivity contribution is -0.139. The van der Waals surface area contributed by atoms with Gasteiger partial charge >= 0.3 is 5.97 Å². The molecule has 2 atom stereocenters. The van der Waals surface area contributed by atoms with E-state index < -0.39 is 17.3 Å². The highest BCUT2D eigenvalue weighted by molar-refractivity contribution is 8.00. The second kappa shape index (κ2) is 9.51. The van der Waals surface area contributed by atoms with Crippen LogP contribution in [0.5, 0.6) is 0 Å². The van der Waals surface area contributed by atoms with Crippen molar-refractivity contribution < 1.29 is 24.3 Å². The summed E-state index contributed by atoms with van der Waals surface area (Å²) in [6.07, 6.45) is 2.38. The van der Waals surface area contributed by atoms with Crippen molar-refractivity contribution in [1.82, 2.24) is 10.2 Å². The van der Waals surface area contributed by atoms with E-state index in [1.54, 1.807) is 0 Å². The van der Waals surface area contributed by atoms with Crippen LogP contribution < -0.4 is 11.1 Å². The van der Waals surface area contributed by atoms with E-state index in [9.17, 15) is 19.2 Å². The third-order valence-electron chi connectivity index (χ3n) is 3.43. The van der Waals surface area contributed by atoms with Crippen molar-refractivity contribution in [2.45, 2.75) is 43.9 Å². The van der Waals surface area contributed by atoms with Crippen LogP contribution in [0.2, 0.25) is 0 Å². The quantitative estimate of drug-likeness (QED) is 0.362. The third kappa shape index (κ3) is 6.57. The summed E-state index contributed by atoms with van der Waals surface area (Å²) in [5.41, 5.74) is 5.40. The van der Waals surface area contributed by atoms with Crippen molar-refractivity contribution in [3.8, 4) is 0 Å². The molecule has 0 saturated carbocycles. The smallest absolute Gasteiger partial charge is 0.321 e. The van der Waals surface area contributed by atoms with Gasteiger partial charge in [0.15, 0.2) is 0 Å². The maximum absolute atomic E-state index is 12.1. The van der Waals surface area contributed by atoms with Gasteiger partial charge in [0.25, 0.3) is 0 Å². The largest absolute Gasteiger partial charge is 0.480 e. The summed E-state index contributed by atoms with van der Waals surface area (Å²) in [7, 11) is 0. The minimum atomic E-state index is -1.12. The van der Waals surface area contributed by atoms with Gasteiger partial charge in [0.05, 0.1) is 5.25 Å². The fourth-order valence-electron chi connectivity index (χ4n) is 2.15. The molecule has 0 spiro atoms. The predicted octanol–water partition coefficient (Wildman–Crippen LogP) is -0.435. The van der Waals surface area contributed by atoms with E-state index in [4.69, 9.17) is 10.8 Å². The molecule has 0 aliphatic carbocycles. The lowest BCUT2D eigenvalue weighted by atomic mass is 10.2. The van der Waals surface area contributed by atoms with Gasteiger partial charge in [-0.1, -0.05) is 0 Å². The topological polar surface area (TPSA) is 130 Å². The molecule has 1 unspecified atom stereocenters. The second-order valence-corrected chi connectivity index (χ2v) is 6.63. The van der Waals surface area contributed by atoms with Gasteiger partial charge in [0.2, 0.25) is 17.7 Å². The number of hydrogen-bond acceptors (Lipinski definition) is 6. The predicted molar refractivity (Wildman–Crippen MR) is 85.7 cm³/mol. The summed E-state index contributed by atoms with van der Waals surface area (Å²) in [6, 6.07) is -1.04. The molecular weight excluding hydrogens is 322 g/mol. The van der Waals surface area contributed by atoms with E-state index in [-0.39, 0.29) is 29.9 Å². The number of carbonyl (C=O) groups is 4. The first kappa shape index (κ1) is 19.4. The van der Waals surface area contributed by atoms with Gasteiger partial charge < -0.3 is 16.2 Å². The number of rotatable bonds is 10. The summed E-state index contributed by atoms with van der Waals surface area (Å²) in [5, 5.41) is 10.9. The van der Waals surface area contributed by atoms with Gasteiger partial charge in [-0.05, 0) is 19.3 Å². The van der Waals surface area contributed by atoms with Crippen LogP contribution in [0, 0.1) is 0 Å². The summed E-state index contributed by atoms with van der Waals surface area (Å²) < 4.78 is 0. The normalized spacial score (nSPS) is 19.0. The minimum absolute atomic E-state index is 0.0747. The number of amides is 3. The number of aliphatic carboxylic acids is 1. The molecule has 0 aromatic rings. The summed E-state index contributed by atoms with van der Waals surface area (Å²) in [5.74, 6) is -1.58. The highest BCUT2D eigenvalue weighted by atomic mass is 32.2. The van der Waals surface area contributed by atoms with Gasteiger partial charge in [-0.25, -0.2) is 0 Å². The number of nitrogens with two attached hydrogens (primary N) is 1. The third-order valence-corrected chi connectivity index (χ3v) is 4.75. The molecule has 1 fully saturated rings. The van der Waals surface area contributed by atoms with Crippen LogP contribution in [0.15, 0.2) is 0 Å². The highest BCUT2D eigenvalue weighted by Gasteiger charge is 2.38. The van der Waals surface area contributed by atoms with E-state index in [1.165, 1.54) is 11.8 Å². The SMILES string of the molecule is CC(=O)NCCCCCN1C(=O)CC(SC[C@H](N)C(=O)O)C1=O. The molecule has 0 aromatic heterocycles. The number of unbranched alkanes of at least 4 members (excludes halogenated alkanes) is 2. The van der Waals surface area contributed by atoms with Gasteiger partial charge in [0, 0.05) is 32.2 Å². The molecular formula is C14H23N3O5S. The van der Waals surface area contributed by atoms with E-state index in [2.05, 4.69) is 5.32 Å². The molecule has 8 nitrogen and oxygen atoms in total. The van der Waals surface area contributed by atoms with E-state index in [1.807, 2.05) is 0 Å². The number of nitrogens with one attached hydrogen (secondary N) is 1. The summed E-state index contributed by atoms with van der Waals surface area (Å²) in [4.78, 5) is 46.6. The highest BCUT2D eigenvalue weighted by Crippen LogP contribution is 2.25. The van der Waals surface area contributed by atoms with Crippen LogP contribution in [0.1, 0.15) is 32.6 Å². The first-order valence-corrected chi connectivity index (χ1v) is 8.56. The Labute approximate surface area is 139 Å². The van der Waals surface area contributed by atoms with Crippen LogP contribution in [0.25, 0.3) is 0 Å². The van der Waals surface area contributed by atoms with Crippen LogP contribution in [-0.2, 0) is 19.2 Å². The zero-order valence-corrected chi connectivity index (χ0v) is 13.9. The molecule has 1 heterocycles. The molecule has 23 heavy (non-hydrogen) atoms. The van der Waals surface area contributed by atoms with Gasteiger partial charge in [-0.3, -0.25) is 24.1 Å². The van der Waals surface area contributed by atoms with Crippen molar-refractivity contribution in [1.29, 1.82) is 0 Å². The van der Waals surface area contributed by atoms with Gasteiger partial charge in [-0.2, -0.15) is 0 Å². The minimum Gasteiger partial charge on any atom is -0.480 e. The van der Waals surface area contributed by atoms with Crippen molar-refractivity contribution in [2.75, 3.05) is 18.8 Å². The Morgan fingerprint density at radius 2 is 2.09 bits per heavy atom. The Kier molecular flexibility index (Phi) is 8.04. The summed E-state index contributed by atoms with van der Waals surface area (Å²) in [6.45, 7) is 2.40. The molecule has 3 amide bonds. The lowest BCUT2D eigenvalue weighted by Gasteiger charge is -2.15. The molecule has 1 saturated heterocycles. The Hall–Kier alpha value is -1.61. The first-order valence-electron chi connectivity index (χ1n) is 7.51. The zero-order valence-electron chi connectivity index (χ0n) is 13.1. The van der Waals surface area contributed by atoms with Crippen molar-refractivity contribution in [3.63, 3.8) is 0 Å². The van der Waals surface area contributed by atoms with E-state index in [0.29, 0.717) is 19.5 Å². The van der Waals surface area contributed by atoms with Crippen LogP contribution in [0.3, 0.4) is 0 Å². The maximum Gasteiger partial charge on any atom is 0.321 e. The monoisotopic (exact) mass is 345 g/mol. The van der Waals surface area contributed by atoms with Crippen molar-refractivity contribution in [3.05, 3.63) is 0 Å². The zero-order chi connectivity index (χ0) is 17.4. The average Bonchev–Trinajstić information content (AvgIpc) is 2.74. The Bertz CT molecular complexity index is 471. The lowest BCUT2D eigenvalue weighted by Crippen LogP contribution is -2.35. The Morgan fingerprint density at radius 1 is 1.39 bits per heavy atom. The second-order valence-electron chi connectivity index (χ2n) is 5.40. The van der Waals surface area contributed by atoms with Crippen LogP contribution in [0.4, 0.5) is 0 Å². The molecule has 130 valence electrons. The Balaban J connectivity index is 2.29. The van der Waals surface area contributed by atoms with Crippen LogP contribution >= 0.6 is 11.8 Å². The standard InChI is InChI=1S/C14H23N3O5S/c1-9(18)16-5-3-2-4-6-17-12(19)7-11(13(17)20)23-8-10(15)14(21)22/h10-11H,2-8,15H2,1H3,(H,16,18)(H,21,22)/t10-,11?/m0/s1. The van der Waals surface area contributed by atoms with Crippen molar-refractivity contribution in [2.24, 2.45) is 5.73 Å². The number of imide groups is 1. The average molecular weight is 345 g/mol. The van der Waals surface area contributed by atoms with Gasteiger partial charge in [0.1, 0.15) is 6.04 Å². The molecule has 1 aliphatic rings. The number of carbonyl (C=O) groups excluding carboxylic acids is 3. The maximum atomic E-state index is 12.1.